The van der Waals surface area contributed by atoms with Gasteiger partial charge in [-0.3, -0.25) is 0 Å². The number of hydrogen-bond acceptors (Lipinski definition) is 3. The summed E-state index contributed by atoms with van der Waals surface area (Å²) in [4.78, 5) is 4.34. The van der Waals surface area contributed by atoms with E-state index in [4.69, 9.17) is 9.84 Å². The molecule has 0 unspecified atom stereocenters. The van der Waals surface area contributed by atoms with E-state index in [0.717, 1.165) is 29.1 Å². The third-order valence-electron chi connectivity index (χ3n) is 3.23. The zero-order chi connectivity index (χ0) is 15.1. The molecule has 4 nitrogen and oxygen atoms in total. The van der Waals surface area contributed by atoms with Crippen LogP contribution in [0.3, 0.4) is 0 Å². The first-order valence-electron chi connectivity index (χ1n) is 7.05. The average molecular weight is 284 g/mol. The summed E-state index contributed by atoms with van der Waals surface area (Å²) in [6, 6.07) is 5.87. The Labute approximate surface area is 125 Å². The number of benzene rings is 1. The number of rotatable bonds is 5. The maximum absolute atomic E-state index is 8.84. The number of aromatic nitrogens is 2. The second-order valence-corrected chi connectivity index (χ2v) is 4.62. The highest BCUT2D eigenvalue weighted by Crippen LogP contribution is 2.19. The molecule has 21 heavy (non-hydrogen) atoms. The van der Waals surface area contributed by atoms with Crippen molar-refractivity contribution in [3.63, 3.8) is 0 Å². The average Bonchev–Trinajstić information content (AvgIpc) is 2.96. The Balaban J connectivity index is 2.33. The molecular formula is C17H20N2O2. The number of imidazole rings is 1. The molecule has 2 rings (SSSR count). The summed E-state index contributed by atoms with van der Waals surface area (Å²) in [5.74, 6) is 7.95. The molecule has 1 N–H and O–H groups in total. The minimum atomic E-state index is 0.0833. The number of aliphatic hydroxyl groups is 1. The van der Waals surface area contributed by atoms with Crippen LogP contribution in [0.4, 0.5) is 0 Å². The van der Waals surface area contributed by atoms with Crippen LogP contribution in [0, 0.1) is 11.8 Å². The van der Waals surface area contributed by atoms with Crippen molar-refractivity contribution < 1.29 is 9.84 Å². The van der Waals surface area contributed by atoms with Crippen LogP contribution in [0.2, 0.25) is 0 Å². The SMILES string of the molecule is CCc1nccn1Cc1cc(OC)ccc1C#CCCO. The van der Waals surface area contributed by atoms with Crippen LogP contribution >= 0.6 is 0 Å². The molecule has 4 heteroatoms. The van der Waals surface area contributed by atoms with E-state index >= 15 is 0 Å². The summed E-state index contributed by atoms with van der Waals surface area (Å²) in [6.07, 6.45) is 5.17. The van der Waals surface area contributed by atoms with Crippen molar-refractivity contribution in [2.75, 3.05) is 13.7 Å². The molecule has 1 aromatic carbocycles. The number of aryl methyl sites for hydroxylation is 1. The van der Waals surface area contributed by atoms with Gasteiger partial charge in [-0.1, -0.05) is 18.8 Å². The van der Waals surface area contributed by atoms with Gasteiger partial charge in [0.05, 0.1) is 20.3 Å². The van der Waals surface area contributed by atoms with Crippen molar-refractivity contribution in [3.8, 4) is 17.6 Å². The summed E-state index contributed by atoms with van der Waals surface area (Å²) >= 11 is 0. The Kier molecular flexibility index (Phi) is 5.42. The monoisotopic (exact) mass is 284 g/mol. The van der Waals surface area contributed by atoms with E-state index in [2.05, 4.69) is 28.3 Å². The van der Waals surface area contributed by atoms with E-state index in [1.54, 1.807) is 7.11 Å². The van der Waals surface area contributed by atoms with E-state index in [1.807, 2.05) is 30.6 Å². The lowest BCUT2D eigenvalue weighted by atomic mass is 10.1. The van der Waals surface area contributed by atoms with Crippen molar-refractivity contribution in [1.29, 1.82) is 0 Å². The lowest BCUT2D eigenvalue weighted by molar-refractivity contribution is 0.305. The zero-order valence-corrected chi connectivity index (χ0v) is 12.5. The topological polar surface area (TPSA) is 47.3 Å². The van der Waals surface area contributed by atoms with Crippen molar-refractivity contribution in [3.05, 3.63) is 47.5 Å². The Bertz CT molecular complexity index is 650. The maximum atomic E-state index is 8.84. The highest BCUT2D eigenvalue weighted by Gasteiger charge is 2.06. The van der Waals surface area contributed by atoms with E-state index in [-0.39, 0.29) is 6.61 Å². The van der Waals surface area contributed by atoms with Crippen molar-refractivity contribution in [2.24, 2.45) is 0 Å². The van der Waals surface area contributed by atoms with E-state index in [1.165, 1.54) is 0 Å². The van der Waals surface area contributed by atoms with Crippen molar-refractivity contribution in [2.45, 2.75) is 26.3 Å². The number of ether oxygens (including phenoxy) is 1. The summed E-state index contributed by atoms with van der Waals surface area (Å²) < 4.78 is 7.42. The summed E-state index contributed by atoms with van der Waals surface area (Å²) in [6.45, 7) is 2.88. The minimum absolute atomic E-state index is 0.0833. The molecule has 2 aromatic rings. The van der Waals surface area contributed by atoms with Crippen LogP contribution in [0.5, 0.6) is 5.75 Å². The van der Waals surface area contributed by atoms with Gasteiger partial charge in [-0.15, -0.1) is 0 Å². The molecule has 0 spiro atoms. The Morgan fingerprint density at radius 2 is 2.24 bits per heavy atom. The Morgan fingerprint density at radius 3 is 2.95 bits per heavy atom. The van der Waals surface area contributed by atoms with E-state index in [9.17, 15) is 0 Å². The molecule has 0 amide bonds. The number of methoxy groups -OCH3 is 1. The summed E-state index contributed by atoms with van der Waals surface area (Å²) in [5.41, 5.74) is 2.05. The molecular weight excluding hydrogens is 264 g/mol. The van der Waals surface area contributed by atoms with Gasteiger partial charge in [-0.05, 0) is 23.8 Å². The molecule has 0 aliphatic heterocycles. The van der Waals surface area contributed by atoms with Crippen LogP contribution in [0.15, 0.2) is 30.6 Å². The van der Waals surface area contributed by atoms with Gasteiger partial charge in [0, 0.05) is 30.8 Å². The molecule has 110 valence electrons. The van der Waals surface area contributed by atoms with Gasteiger partial charge in [-0.2, -0.15) is 0 Å². The Hall–Kier alpha value is -2.25. The summed E-state index contributed by atoms with van der Waals surface area (Å²) in [7, 11) is 1.66. The fourth-order valence-corrected chi connectivity index (χ4v) is 2.15. The molecule has 1 aromatic heterocycles. The van der Waals surface area contributed by atoms with Gasteiger partial charge in [0.1, 0.15) is 11.6 Å². The lowest BCUT2D eigenvalue weighted by Gasteiger charge is -2.10. The van der Waals surface area contributed by atoms with Gasteiger partial charge in [0.2, 0.25) is 0 Å². The molecule has 0 saturated heterocycles. The smallest absolute Gasteiger partial charge is 0.119 e. The van der Waals surface area contributed by atoms with Crippen molar-refractivity contribution >= 4 is 0 Å². The van der Waals surface area contributed by atoms with E-state index in [0.29, 0.717) is 13.0 Å². The maximum Gasteiger partial charge on any atom is 0.119 e. The molecule has 0 aliphatic rings. The first-order chi connectivity index (χ1) is 10.3. The summed E-state index contributed by atoms with van der Waals surface area (Å²) in [5, 5.41) is 8.84. The highest BCUT2D eigenvalue weighted by atomic mass is 16.5. The third-order valence-corrected chi connectivity index (χ3v) is 3.23. The second-order valence-electron chi connectivity index (χ2n) is 4.62. The first kappa shape index (κ1) is 15.1. The van der Waals surface area contributed by atoms with Crippen LogP contribution in [0.1, 0.15) is 30.3 Å². The lowest BCUT2D eigenvalue weighted by Crippen LogP contribution is -2.05. The molecule has 0 aliphatic carbocycles. The predicted octanol–water partition coefficient (Wildman–Crippen LogP) is 2.24. The van der Waals surface area contributed by atoms with Gasteiger partial charge in [0.25, 0.3) is 0 Å². The quantitative estimate of drug-likeness (QED) is 0.857. The molecule has 0 atom stereocenters. The van der Waals surface area contributed by atoms with Gasteiger partial charge in [0.15, 0.2) is 0 Å². The van der Waals surface area contributed by atoms with Crippen LogP contribution in [-0.2, 0) is 13.0 Å². The van der Waals surface area contributed by atoms with E-state index < -0.39 is 0 Å². The normalized spacial score (nSPS) is 10.0. The molecule has 0 bridgehead atoms. The van der Waals surface area contributed by atoms with Gasteiger partial charge >= 0.3 is 0 Å². The molecule has 0 fully saturated rings. The number of hydrogen-bond donors (Lipinski definition) is 1. The van der Waals surface area contributed by atoms with Crippen molar-refractivity contribution in [1.82, 2.24) is 9.55 Å². The standard InChI is InChI=1S/C17H20N2O2/c1-3-17-18-9-10-19(17)13-15-12-16(21-2)8-7-14(15)6-4-5-11-20/h7-10,12,20H,3,5,11,13H2,1-2H3. The largest absolute Gasteiger partial charge is 0.497 e. The molecule has 0 radical (unpaired) electrons. The van der Waals surface area contributed by atoms with Gasteiger partial charge in [-0.25, -0.2) is 4.98 Å². The first-order valence-corrected chi connectivity index (χ1v) is 7.05. The zero-order valence-electron chi connectivity index (χ0n) is 12.5. The van der Waals surface area contributed by atoms with Crippen LogP contribution in [-0.4, -0.2) is 28.4 Å². The van der Waals surface area contributed by atoms with Crippen LogP contribution < -0.4 is 4.74 Å². The Morgan fingerprint density at radius 1 is 1.38 bits per heavy atom. The fraction of sp³-hybridized carbons (Fsp3) is 0.353. The number of nitrogens with zero attached hydrogens (tertiary/aromatic N) is 2. The van der Waals surface area contributed by atoms with Crippen LogP contribution in [0.25, 0.3) is 0 Å². The molecule has 0 saturated carbocycles. The highest BCUT2D eigenvalue weighted by molar-refractivity contribution is 5.45. The minimum Gasteiger partial charge on any atom is -0.497 e. The molecule has 1 heterocycles. The van der Waals surface area contributed by atoms with Gasteiger partial charge < -0.3 is 14.4 Å². The fourth-order valence-electron chi connectivity index (χ4n) is 2.15. The second kappa shape index (κ2) is 7.51. The number of aliphatic hydroxyl groups excluding tert-OH is 1. The third kappa shape index (κ3) is 3.87. The predicted molar refractivity (Wildman–Crippen MR) is 82.3 cm³/mol.